The summed E-state index contributed by atoms with van der Waals surface area (Å²) in [6.07, 6.45) is 1.26. The lowest BCUT2D eigenvalue weighted by Crippen LogP contribution is -2.28. The van der Waals surface area contributed by atoms with Gasteiger partial charge in [-0.05, 0) is 30.5 Å². The standard InChI is InChI=1S/C24H26FN3O5/c1-12(2)14-4-6-15(7-5-14)32-9-8-27-20-18(25)19(26)17-21-23(20)33-11-13(3)28(21)10-16(22(17)29)24(30)31/h4-7,10,12-13,27H,8-9,11,26H2,1-3H3,(H,30,31)/t13-/m0/s1. The van der Waals surface area contributed by atoms with Crippen LogP contribution in [0.2, 0.25) is 0 Å². The Kier molecular flexibility index (Phi) is 5.88. The van der Waals surface area contributed by atoms with Crippen molar-refractivity contribution in [1.29, 1.82) is 0 Å². The van der Waals surface area contributed by atoms with Gasteiger partial charge < -0.3 is 30.2 Å². The Morgan fingerprint density at radius 2 is 2.06 bits per heavy atom. The molecule has 1 atom stereocenters. The van der Waals surface area contributed by atoms with E-state index < -0.39 is 28.5 Å². The van der Waals surface area contributed by atoms with Crippen molar-refractivity contribution in [2.45, 2.75) is 32.7 Å². The molecule has 9 heteroatoms. The second-order valence-corrected chi connectivity index (χ2v) is 8.40. The minimum Gasteiger partial charge on any atom is -0.492 e. The minimum atomic E-state index is -1.40. The van der Waals surface area contributed by atoms with Crippen LogP contribution in [0.4, 0.5) is 15.8 Å². The quantitative estimate of drug-likeness (QED) is 0.364. The molecule has 1 aliphatic heterocycles. The number of ether oxygens (including phenoxy) is 2. The number of carbonyl (C=O) groups is 1. The topological polar surface area (TPSA) is 116 Å². The van der Waals surface area contributed by atoms with Gasteiger partial charge in [0, 0.05) is 12.7 Å². The van der Waals surface area contributed by atoms with E-state index in [-0.39, 0.29) is 48.1 Å². The number of hydrogen-bond acceptors (Lipinski definition) is 6. The molecule has 0 amide bonds. The molecular weight excluding hydrogens is 429 g/mol. The summed E-state index contributed by atoms with van der Waals surface area (Å²) in [4.78, 5) is 24.3. The average Bonchev–Trinajstić information content (AvgIpc) is 2.78. The van der Waals surface area contributed by atoms with Crippen LogP contribution >= 0.6 is 0 Å². The predicted molar refractivity (Wildman–Crippen MR) is 124 cm³/mol. The van der Waals surface area contributed by atoms with Gasteiger partial charge in [0.05, 0.1) is 22.6 Å². The molecule has 2 aromatic carbocycles. The number of halogens is 1. The number of anilines is 2. The third kappa shape index (κ3) is 3.94. The van der Waals surface area contributed by atoms with Gasteiger partial charge in [-0.3, -0.25) is 4.79 Å². The molecule has 4 N–H and O–H groups in total. The molecule has 0 radical (unpaired) electrons. The third-order valence-corrected chi connectivity index (χ3v) is 5.80. The first kappa shape index (κ1) is 22.4. The van der Waals surface area contributed by atoms with Gasteiger partial charge >= 0.3 is 5.97 Å². The lowest BCUT2D eigenvalue weighted by molar-refractivity contribution is 0.0694. The number of nitrogens with zero attached hydrogens (tertiary/aromatic N) is 1. The molecular formula is C24H26FN3O5. The Hall–Kier alpha value is -3.75. The highest BCUT2D eigenvalue weighted by Crippen LogP contribution is 2.43. The number of carboxylic acid groups (broad SMARTS) is 1. The molecule has 0 unspecified atom stereocenters. The second kappa shape index (κ2) is 8.65. The molecule has 4 rings (SSSR count). The van der Waals surface area contributed by atoms with E-state index in [9.17, 15) is 14.7 Å². The minimum absolute atomic E-state index is 0.0156. The summed E-state index contributed by atoms with van der Waals surface area (Å²) >= 11 is 0. The second-order valence-electron chi connectivity index (χ2n) is 8.40. The van der Waals surface area contributed by atoms with E-state index in [4.69, 9.17) is 15.2 Å². The van der Waals surface area contributed by atoms with E-state index >= 15 is 4.39 Å². The average molecular weight is 455 g/mol. The number of benzene rings is 2. The van der Waals surface area contributed by atoms with Crippen molar-refractivity contribution in [2.24, 2.45) is 0 Å². The number of nitrogens with one attached hydrogen (secondary N) is 1. The fourth-order valence-corrected chi connectivity index (χ4v) is 3.95. The number of carboxylic acids is 1. The van der Waals surface area contributed by atoms with E-state index in [1.54, 1.807) is 4.57 Å². The first-order valence-corrected chi connectivity index (χ1v) is 10.7. The summed E-state index contributed by atoms with van der Waals surface area (Å²) in [5.41, 5.74) is 5.74. The molecule has 8 nitrogen and oxygen atoms in total. The Bertz CT molecular complexity index is 1280. The molecule has 0 fully saturated rings. The molecule has 0 spiro atoms. The van der Waals surface area contributed by atoms with Crippen molar-refractivity contribution in [2.75, 3.05) is 30.8 Å². The number of aromatic carboxylic acids is 1. The van der Waals surface area contributed by atoms with Gasteiger partial charge in [0.1, 0.15) is 30.2 Å². The van der Waals surface area contributed by atoms with Crippen molar-refractivity contribution >= 4 is 28.2 Å². The highest BCUT2D eigenvalue weighted by atomic mass is 19.1. The molecule has 0 saturated heterocycles. The zero-order valence-corrected chi connectivity index (χ0v) is 18.6. The van der Waals surface area contributed by atoms with Crippen LogP contribution in [0.5, 0.6) is 11.5 Å². The highest BCUT2D eigenvalue weighted by molar-refractivity contribution is 6.03. The van der Waals surface area contributed by atoms with E-state index in [2.05, 4.69) is 19.2 Å². The third-order valence-electron chi connectivity index (χ3n) is 5.80. The van der Waals surface area contributed by atoms with Crippen molar-refractivity contribution in [3.05, 3.63) is 57.6 Å². The Labute approximate surface area is 189 Å². The molecule has 1 aromatic heterocycles. The molecule has 0 bridgehead atoms. The summed E-state index contributed by atoms with van der Waals surface area (Å²) in [6, 6.07) is 7.50. The van der Waals surface area contributed by atoms with Crippen molar-refractivity contribution in [3.63, 3.8) is 0 Å². The molecule has 3 aromatic rings. The van der Waals surface area contributed by atoms with Crippen LogP contribution in [0.1, 0.15) is 48.7 Å². The largest absolute Gasteiger partial charge is 0.492 e. The number of nitrogens with two attached hydrogens (primary N) is 1. The van der Waals surface area contributed by atoms with Crippen molar-refractivity contribution in [3.8, 4) is 11.5 Å². The van der Waals surface area contributed by atoms with Crippen LogP contribution in [0.15, 0.2) is 35.3 Å². The van der Waals surface area contributed by atoms with Gasteiger partial charge in [0.15, 0.2) is 11.6 Å². The van der Waals surface area contributed by atoms with Gasteiger partial charge in [-0.15, -0.1) is 0 Å². The highest BCUT2D eigenvalue weighted by Gasteiger charge is 2.30. The van der Waals surface area contributed by atoms with Crippen molar-refractivity contribution < 1.29 is 23.8 Å². The summed E-state index contributed by atoms with van der Waals surface area (Å²) in [6.45, 7) is 6.71. The van der Waals surface area contributed by atoms with Crippen LogP contribution in [0, 0.1) is 5.82 Å². The Morgan fingerprint density at radius 3 is 2.70 bits per heavy atom. The first-order chi connectivity index (χ1) is 15.7. The fourth-order valence-electron chi connectivity index (χ4n) is 3.95. The predicted octanol–water partition coefficient (Wildman–Crippen LogP) is 3.99. The Balaban J connectivity index is 1.64. The van der Waals surface area contributed by atoms with Crippen LogP contribution in [-0.2, 0) is 0 Å². The number of aromatic nitrogens is 1. The van der Waals surface area contributed by atoms with Crippen LogP contribution in [0.25, 0.3) is 10.9 Å². The van der Waals surface area contributed by atoms with Crippen molar-refractivity contribution in [1.82, 2.24) is 4.57 Å². The van der Waals surface area contributed by atoms with E-state index in [0.717, 1.165) is 0 Å². The van der Waals surface area contributed by atoms with Gasteiger partial charge in [-0.25, -0.2) is 9.18 Å². The first-order valence-electron chi connectivity index (χ1n) is 10.7. The normalized spacial score (nSPS) is 14.9. The number of rotatable bonds is 7. The van der Waals surface area contributed by atoms with E-state index in [1.165, 1.54) is 11.8 Å². The summed E-state index contributed by atoms with van der Waals surface area (Å²) < 4.78 is 28.3. The molecule has 33 heavy (non-hydrogen) atoms. The molecule has 2 heterocycles. The van der Waals surface area contributed by atoms with Gasteiger partial charge in [0.2, 0.25) is 5.43 Å². The van der Waals surface area contributed by atoms with Gasteiger partial charge in [-0.1, -0.05) is 26.0 Å². The summed E-state index contributed by atoms with van der Waals surface area (Å²) in [7, 11) is 0. The van der Waals surface area contributed by atoms with Crippen LogP contribution < -0.4 is 26.0 Å². The number of nitrogen functional groups attached to an aromatic ring is 1. The van der Waals surface area contributed by atoms with E-state index in [1.807, 2.05) is 31.2 Å². The number of hydrogen-bond donors (Lipinski definition) is 3. The zero-order chi connectivity index (χ0) is 23.9. The fraction of sp³-hybridized carbons (Fsp3) is 0.333. The monoisotopic (exact) mass is 455 g/mol. The maximum Gasteiger partial charge on any atom is 0.341 e. The molecule has 1 aliphatic rings. The van der Waals surface area contributed by atoms with Crippen LogP contribution in [0.3, 0.4) is 0 Å². The van der Waals surface area contributed by atoms with E-state index in [0.29, 0.717) is 11.7 Å². The summed E-state index contributed by atoms with van der Waals surface area (Å²) in [5, 5.41) is 12.2. The zero-order valence-electron chi connectivity index (χ0n) is 18.6. The summed E-state index contributed by atoms with van der Waals surface area (Å²) in [5.74, 6) is -1.01. The smallest absolute Gasteiger partial charge is 0.341 e. The SMILES string of the molecule is CC(C)c1ccc(OCCNc2c(F)c(N)c3c(=O)c(C(=O)O)cn4c3c2OC[C@@H]4C)cc1. The maximum atomic E-state index is 15.2. The molecule has 174 valence electrons. The lowest BCUT2D eigenvalue weighted by Gasteiger charge is -2.29. The Morgan fingerprint density at radius 1 is 1.36 bits per heavy atom. The lowest BCUT2D eigenvalue weighted by atomic mass is 10.0. The maximum absolute atomic E-state index is 15.2. The molecule has 0 aliphatic carbocycles. The van der Waals surface area contributed by atoms with Gasteiger partial charge in [0.25, 0.3) is 0 Å². The van der Waals surface area contributed by atoms with Gasteiger partial charge in [-0.2, -0.15) is 0 Å². The number of pyridine rings is 1. The van der Waals surface area contributed by atoms with Crippen LogP contribution in [-0.4, -0.2) is 35.4 Å². The molecule has 0 saturated carbocycles.